The van der Waals surface area contributed by atoms with Crippen molar-refractivity contribution >= 4 is 29.3 Å². The van der Waals surface area contributed by atoms with E-state index >= 15 is 0 Å². The van der Waals surface area contributed by atoms with Crippen LogP contribution in [-0.2, 0) is 14.3 Å². The number of ether oxygens (including phenoxy) is 1. The lowest BCUT2D eigenvalue weighted by atomic mass is 9.88. The van der Waals surface area contributed by atoms with Crippen LogP contribution in [0.1, 0.15) is 52.8 Å². The Bertz CT molecular complexity index is 880. The molecule has 0 aromatic heterocycles. The predicted molar refractivity (Wildman–Crippen MR) is 108 cm³/mol. The third-order valence-corrected chi connectivity index (χ3v) is 5.85. The minimum absolute atomic E-state index is 0.104. The first-order valence-electron chi connectivity index (χ1n) is 10.4. The van der Waals surface area contributed by atoms with Crippen molar-refractivity contribution in [1.29, 1.82) is 0 Å². The van der Waals surface area contributed by atoms with Gasteiger partial charge in [-0.05, 0) is 51.4 Å². The number of carbonyl (C=O) groups is 4. The molecule has 1 aromatic carbocycles. The second kappa shape index (κ2) is 8.53. The number of amides is 4. The number of benzene rings is 1. The standard InChI is InChI=1S/C21H26N4O5/c1-22-8-3-9-30-13-10-12(11-13)23-15-5-2-4-14-18(15)21(29)25(20(14)28)16-6-7-17(26)24-19(16)27/h2,4-5,12-13,16,22-23H,3,6-11H2,1H3,(H,24,26,27). The van der Waals surface area contributed by atoms with Crippen LogP contribution in [0.5, 0.6) is 0 Å². The fourth-order valence-corrected chi connectivity index (χ4v) is 4.17. The van der Waals surface area contributed by atoms with E-state index in [4.69, 9.17) is 4.74 Å². The number of nitrogens with one attached hydrogen (secondary N) is 3. The number of hydrogen-bond acceptors (Lipinski definition) is 7. The van der Waals surface area contributed by atoms with Gasteiger partial charge in [-0.1, -0.05) is 6.07 Å². The Balaban J connectivity index is 1.42. The van der Waals surface area contributed by atoms with Crippen LogP contribution >= 0.6 is 0 Å². The van der Waals surface area contributed by atoms with E-state index in [1.54, 1.807) is 18.2 Å². The minimum Gasteiger partial charge on any atom is -0.381 e. The van der Waals surface area contributed by atoms with Crippen molar-refractivity contribution < 1.29 is 23.9 Å². The van der Waals surface area contributed by atoms with Crippen LogP contribution in [0.15, 0.2) is 18.2 Å². The summed E-state index contributed by atoms with van der Waals surface area (Å²) in [4.78, 5) is 50.6. The van der Waals surface area contributed by atoms with Crippen LogP contribution in [0.4, 0.5) is 5.69 Å². The summed E-state index contributed by atoms with van der Waals surface area (Å²) in [7, 11) is 1.91. The number of piperidine rings is 1. The number of imide groups is 2. The molecule has 2 heterocycles. The highest BCUT2D eigenvalue weighted by Crippen LogP contribution is 2.35. The molecule has 1 atom stereocenters. The lowest BCUT2D eigenvalue weighted by Gasteiger charge is -2.36. The van der Waals surface area contributed by atoms with Crippen LogP contribution in [0.25, 0.3) is 0 Å². The van der Waals surface area contributed by atoms with Gasteiger partial charge in [0, 0.05) is 24.8 Å². The molecule has 4 rings (SSSR count). The van der Waals surface area contributed by atoms with Gasteiger partial charge in [-0.15, -0.1) is 0 Å². The van der Waals surface area contributed by atoms with Crippen molar-refractivity contribution in [3.63, 3.8) is 0 Å². The fourth-order valence-electron chi connectivity index (χ4n) is 4.17. The average Bonchev–Trinajstić information content (AvgIpc) is 2.94. The molecule has 1 unspecified atom stereocenters. The molecule has 30 heavy (non-hydrogen) atoms. The molecule has 1 saturated heterocycles. The fraction of sp³-hybridized carbons (Fsp3) is 0.524. The first-order chi connectivity index (χ1) is 14.5. The molecular formula is C21H26N4O5. The van der Waals surface area contributed by atoms with Crippen molar-refractivity contribution in [2.45, 2.75) is 50.3 Å². The summed E-state index contributed by atoms with van der Waals surface area (Å²) >= 11 is 0. The summed E-state index contributed by atoms with van der Waals surface area (Å²) in [6.07, 6.45) is 3.09. The zero-order valence-electron chi connectivity index (χ0n) is 16.9. The van der Waals surface area contributed by atoms with E-state index in [2.05, 4.69) is 16.0 Å². The molecule has 160 valence electrons. The maximum absolute atomic E-state index is 13.1. The number of carbonyl (C=O) groups excluding carboxylic acids is 4. The van der Waals surface area contributed by atoms with Crippen LogP contribution < -0.4 is 16.0 Å². The van der Waals surface area contributed by atoms with E-state index in [1.165, 1.54) is 0 Å². The van der Waals surface area contributed by atoms with E-state index < -0.39 is 23.8 Å². The largest absolute Gasteiger partial charge is 0.381 e. The maximum atomic E-state index is 13.1. The third-order valence-electron chi connectivity index (χ3n) is 5.85. The first kappa shape index (κ1) is 20.5. The van der Waals surface area contributed by atoms with Gasteiger partial charge in [-0.3, -0.25) is 29.4 Å². The highest BCUT2D eigenvalue weighted by atomic mass is 16.5. The molecule has 1 saturated carbocycles. The molecule has 1 aliphatic carbocycles. The van der Waals surface area contributed by atoms with Gasteiger partial charge >= 0.3 is 0 Å². The third kappa shape index (κ3) is 3.82. The topological polar surface area (TPSA) is 117 Å². The normalized spacial score (nSPS) is 25.8. The Morgan fingerprint density at radius 1 is 1.17 bits per heavy atom. The van der Waals surface area contributed by atoms with Crippen LogP contribution in [0.2, 0.25) is 0 Å². The van der Waals surface area contributed by atoms with Gasteiger partial charge in [0.2, 0.25) is 11.8 Å². The molecule has 1 aromatic rings. The molecule has 9 nitrogen and oxygen atoms in total. The molecule has 3 N–H and O–H groups in total. The van der Waals surface area contributed by atoms with Gasteiger partial charge < -0.3 is 15.4 Å². The van der Waals surface area contributed by atoms with E-state index in [-0.39, 0.29) is 36.5 Å². The number of fused-ring (bicyclic) bond motifs is 1. The summed E-state index contributed by atoms with van der Waals surface area (Å²) in [5.74, 6) is -1.98. The van der Waals surface area contributed by atoms with Crippen molar-refractivity contribution in [3.8, 4) is 0 Å². The van der Waals surface area contributed by atoms with Crippen LogP contribution in [0.3, 0.4) is 0 Å². The Morgan fingerprint density at radius 3 is 2.70 bits per heavy atom. The van der Waals surface area contributed by atoms with Gasteiger partial charge in [-0.25, -0.2) is 0 Å². The SMILES string of the molecule is CNCCCOC1CC(Nc2cccc3c2C(=O)N(C2CCC(=O)NC2=O)C3=O)C1. The summed E-state index contributed by atoms with van der Waals surface area (Å²) in [5, 5.41) is 8.65. The molecule has 4 amide bonds. The zero-order chi connectivity index (χ0) is 21.3. The van der Waals surface area contributed by atoms with Crippen molar-refractivity contribution in [3.05, 3.63) is 29.3 Å². The number of rotatable bonds is 8. The van der Waals surface area contributed by atoms with Gasteiger partial charge in [0.15, 0.2) is 0 Å². The Kier molecular flexibility index (Phi) is 5.83. The van der Waals surface area contributed by atoms with E-state index in [0.29, 0.717) is 17.9 Å². The monoisotopic (exact) mass is 414 g/mol. The quantitative estimate of drug-likeness (QED) is 0.423. The number of nitrogens with zero attached hydrogens (tertiary/aromatic N) is 1. The van der Waals surface area contributed by atoms with E-state index in [1.807, 2.05) is 7.05 Å². The highest BCUT2D eigenvalue weighted by Gasteiger charge is 2.46. The molecule has 3 aliphatic rings. The number of anilines is 1. The van der Waals surface area contributed by atoms with Gasteiger partial charge in [0.1, 0.15) is 6.04 Å². The Hall–Kier alpha value is -2.78. The van der Waals surface area contributed by atoms with Crippen LogP contribution in [-0.4, -0.2) is 66.9 Å². The molecule has 2 fully saturated rings. The van der Waals surface area contributed by atoms with Crippen molar-refractivity contribution in [2.75, 3.05) is 25.5 Å². The summed E-state index contributed by atoms with van der Waals surface area (Å²) in [6.45, 7) is 1.64. The second-order valence-electron chi connectivity index (χ2n) is 7.94. The molecule has 2 aliphatic heterocycles. The molecule has 0 spiro atoms. The maximum Gasteiger partial charge on any atom is 0.264 e. The van der Waals surface area contributed by atoms with Gasteiger partial charge in [0.05, 0.1) is 17.2 Å². The molecule has 0 radical (unpaired) electrons. The predicted octanol–water partition coefficient (Wildman–Crippen LogP) is 0.657. The Labute approximate surface area is 174 Å². The van der Waals surface area contributed by atoms with Gasteiger partial charge in [0.25, 0.3) is 11.8 Å². The zero-order valence-corrected chi connectivity index (χ0v) is 16.9. The van der Waals surface area contributed by atoms with E-state index in [9.17, 15) is 19.2 Å². The van der Waals surface area contributed by atoms with Crippen LogP contribution in [0, 0.1) is 0 Å². The lowest BCUT2D eigenvalue weighted by Crippen LogP contribution is -2.54. The second-order valence-corrected chi connectivity index (χ2v) is 7.94. The van der Waals surface area contributed by atoms with Crippen molar-refractivity contribution in [2.24, 2.45) is 0 Å². The Morgan fingerprint density at radius 2 is 1.97 bits per heavy atom. The molecule has 9 heteroatoms. The minimum atomic E-state index is -0.956. The smallest absolute Gasteiger partial charge is 0.264 e. The lowest BCUT2D eigenvalue weighted by molar-refractivity contribution is -0.136. The van der Waals surface area contributed by atoms with Crippen molar-refractivity contribution in [1.82, 2.24) is 15.5 Å². The van der Waals surface area contributed by atoms with E-state index in [0.717, 1.165) is 30.7 Å². The summed E-state index contributed by atoms with van der Waals surface area (Å²) < 4.78 is 5.81. The molecular weight excluding hydrogens is 388 g/mol. The summed E-state index contributed by atoms with van der Waals surface area (Å²) in [5.41, 5.74) is 1.18. The highest BCUT2D eigenvalue weighted by molar-refractivity contribution is 6.25. The first-order valence-corrected chi connectivity index (χ1v) is 10.4. The average molecular weight is 414 g/mol. The number of hydrogen-bond donors (Lipinski definition) is 3. The summed E-state index contributed by atoms with van der Waals surface area (Å²) in [6, 6.07) is 4.31. The van der Waals surface area contributed by atoms with Gasteiger partial charge in [-0.2, -0.15) is 0 Å². The molecule has 0 bridgehead atoms.